The molecule has 0 radical (unpaired) electrons. The molecule has 3 rings (SSSR count). The summed E-state index contributed by atoms with van der Waals surface area (Å²) in [4.78, 5) is 17.2. The molecule has 1 amide bonds. The molecule has 0 saturated carbocycles. The molecular weight excluding hydrogens is 392 g/mol. The molecule has 0 aliphatic heterocycles. The summed E-state index contributed by atoms with van der Waals surface area (Å²) in [6.07, 6.45) is 1.63. The van der Waals surface area contributed by atoms with E-state index in [0.717, 1.165) is 23.4 Å². The Hall–Kier alpha value is -3.25. The summed E-state index contributed by atoms with van der Waals surface area (Å²) in [5.74, 6) is 2.21. The van der Waals surface area contributed by atoms with Gasteiger partial charge in [-0.2, -0.15) is 0 Å². The van der Waals surface area contributed by atoms with Crippen molar-refractivity contribution < 1.29 is 18.7 Å². The Labute approximate surface area is 184 Å². The topological polar surface area (TPSA) is 55.2 Å². The van der Waals surface area contributed by atoms with Crippen LogP contribution in [0.5, 0.6) is 11.5 Å². The molecule has 0 fully saturated rings. The van der Waals surface area contributed by atoms with Gasteiger partial charge in [-0.15, -0.1) is 0 Å². The second kappa shape index (κ2) is 11.2. The van der Waals surface area contributed by atoms with Crippen molar-refractivity contribution in [2.45, 2.75) is 26.6 Å². The van der Waals surface area contributed by atoms with Crippen LogP contribution in [0.4, 0.5) is 0 Å². The third-order valence-electron chi connectivity index (χ3n) is 5.16. The molecule has 0 unspecified atom stereocenters. The van der Waals surface area contributed by atoms with Gasteiger partial charge in [0.05, 0.1) is 33.6 Å². The molecule has 31 heavy (non-hydrogen) atoms. The van der Waals surface area contributed by atoms with Crippen molar-refractivity contribution in [3.8, 4) is 11.5 Å². The first-order valence-electron chi connectivity index (χ1n) is 10.4. The number of rotatable bonds is 11. The Morgan fingerprint density at radius 1 is 0.871 bits per heavy atom. The van der Waals surface area contributed by atoms with Gasteiger partial charge in [-0.1, -0.05) is 43.3 Å². The van der Waals surface area contributed by atoms with Crippen molar-refractivity contribution >= 4 is 5.91 Å². The Morgan fingerprint density at radius 2 is 1.65 bits per heavy atom. The van der Waals surface area contributed by atoms with Gasteiger partial charge in [-0.25, -0.2) is 0 Å². The minimum absolute atomic E-state index is 0.0579. The van der Waals surface area contributed by atoms with Crippen LogP contribution in [0.2, 0.25) is 0 Å². The van der Waals surface area contributed by atoms with Crippen molar-refractivity contribution in [2.75, 3.05) is 27.3 Å². The fraction of sp³-hybridized carbons (Fsp3) is 0.320. The van der Waals surface area contributed by atoms with Gasteiger partial charge in [0.15, 0.2) is 11.5 Å². The van der Waals surface area contributed by atoms with E-state index < -0.39 is 0 Å². The summed E-state index contributed by atoms with van der Waals surface area (Å²) in [5.41, 5.74) is 2.15. The summed E-state index contributed by atoms with van der Waals surface area (Å²) in [5, 5.41) is 0. The lowest BCUT2D eigenvalue weighted by Gasteiger charge is -2.26. The van der Waals surface area contributed by atoms with Crippen LogP contribution in [0.3, 0.4) is 0 Å². The minimum Gasteiger partial charge on any atom is -0.493 e. The summed E-state index contributed by atoms with van der Waals surface area (Å²) in [6.45, 7) is 4.74. The zero-order valence-electron chi connectivity index (χ0n) is 18.4. The van der Waals surface area contributed by atoms with Crippen molar-refractivity contribution in [1.82, 2.24) is 9.80 Å². The van der Waals surface area contributed by atoms with Crippen LogP contribution >= 0.6 is 0 Å². The van der Waals surface area contributed by atoms with E-state index in [-0.39, 0.29) is 5.91 Å². The first-order chi connectivity index (χ1) is 15.1. The number of hydrogen-bond acceptors (Lipinski definition) is 5. The maximum Gasteiger partial charge on any atom is 0.237 e. The van der Waals surface area contributed by atoms with Gasteiger partial charge in [0.1, 0.15) is 5.76 Å². The SMILES string of the molecule is CCN(CC(=O)N(Cc1ccccc1)Cc1ccco1)Cc1ccc(OC)c(OC)c1. The van der Waals surface area contributed by atoms with Gasteiger partial charge in [-0.05, 0) is 41.9 Å². The smallest absolute Gasteiger partial charge is 0.237 e. The van der Waals surface area contributed by atoms with Gasteiger partial charge in [0, 0.05) is 13.1 Å². The maximum absolute atomic E-state index is 13.3. The molecule has 0 bridgehead atoms. The molecule has 164 valence electrons. The molecule has 3 aromatic rings. The number of nitrogens with zero attached hydrogens (tertiary/aromatic N) is 2. The average Bonchev–Trinajstić information content (AvgIpc) is 3.31. The Morgan fingerprint density at radius 3 is 2.29 bits per heavy atom. The van der Waals surface area contributed by atoms with Crippen molar-refractivity contribution in [3.05, 3.63) is 83.8 Å². The molecule has 0 spiro atoms. The van der Waals surface area contributed by atoms with E-state index in [1.54, 1.807) is 20.5 Å². The molecule has 1 aromatic heterocycles. The number of furan rings is 1. The highest BCUT2D eigenvalue weighted by Crippen LogP contribution is 2.28. The lowest BCUT2D eigenvalue weighted by Crippen LogP contribution is -2.39. The van der Waals surface area contributed by atoms with E-state index in [1.807, 2.05) is 65.6 Å². The Balaban J connectivity index is 1.70. The van der Waals surface area contributed by atoms with E-state index >= 15 is 0 Å². The molecule has 0 aliphatic carbocycles. The van der Waals surface area contributed by atoms with Gasteiger partial charge in [0.25, 0.3) is 0 Å². The fourth-order valence-corrected chi connectivity index (χ4v) is 3.43. The van der Waals surface area contributed by atoms with Crippen LogP contribution in [0.15, 0.2) is 71.3 Å². The van der Waals surface area contributed by atoms with Gasteiger partial charge in [0.2, 0.25) is 5.91 Å². The van der Waals surface area contributed by atoms with E-state index in [1.165, 1.54) is 0 Å². The number of amides is 1. The quantitative estimate of drug-likeness (QED) is 0.460. The van der Waals surface area contributed by atoms with E-state index in [0.29, 0.717) is 37.7 Å². The largest absolute Gasteiger partial charge is 0.493 e. The van der Waals surface area contributed by atoms with Crippen LogP contribution in [0.1, 0.15) is 23.8 Å². The number of benzene rings is 2. The molecule has 0 aliphatic rings. The molecule has 2 aromatic carbocycles. The molecule has 0 saturated heterocycles. The number of hydrogen-bond donors (Lipinski definition) is 0. The van der Waals surface area contributed by atoms with Crippen LogP contribution < -0.4 is 9.47 Å². The van der Waals surface area contributed by atoms with Crippen molar-refractivity contribution in [3.63, 3.8) is 0 Å². The number of carbonyl (C=O) groups is 1. The number of carbonyl (C=O) groups excluding carboxylic acids is 1. The van der Waals surface area contributed by atoms with Crippen molar-refractivity contribution in [1.29, 1.82) is 0 Å². The number of likely N-dealkylation sites (N-methyl/N-ethyl adjacent to an activating group) is 1. The normalized spacial score (nSPS) is 10.8. The molecule has 0 atom stereocenters. The summed E-state index contributed by atoms with van der Waals surface area (Å²) < 4.78 is 16.2. The summed E-state index contributed by atoms with van der Waals surface area (Å²) in [7, 11) is 3.24. The Bertz CT molecular complexity index is 941. The molecule has 6 heteroatoms. The zero-order chi connectivity index (χ0) is 22.1. The second-order valence-corrected chi connectivity index (χ2v) is 7.31. The van der Waals surface area contributed by atoms with Crippen LogP contribution in [0, 0.1) is 0 Å². The van der Waals surface area contributed by atoms with Gasteiger partial charge in [-0.3, -0.25) is 9.69 Å². The van der Waals surface area contributed by atoms with Crippen LogP contribution in [0.25, 0.3) is 0 Å². The number of ether oxygens (including phenoxy) is 2. The maximum atomic E-state index is 13.3. The predicted molar refractivity (Wildman–Crippen MR) is 120 cm³/mol. The summed E-state index contributed by atoms with van der Waals surface area (Å²) in [6, 6.07) is 19.6. The lowest BCUT2D eigenvalue weighted by atomic mass is 10.1. The molecule has 0 N–H and O–H groups in total. The van der Waals surface area contributed by atoms with E-state index in [2.05, 4.69) is 11.8 Å². The molecule has 6 nitrogen and oxygen atoms in total. The zero-order valence-corrected chi connectivity index (χ0v) is 18.4. The number of methoxy groups -OCH3 is 2. The van der Waals surface area contributed by atoms with Crippen LogP contribution in [-0.2, 0) is 24.4 Å². The predicted octanol–water partition coefficient (Wildman–Crippen LogP) is 4.35. The minimum atomic E-state index is 0.0579. The highest BCUT2D eigenvalue weighted by molar-refractivity contribution is 5.78. The van der Waals surface area contributed by atoms with Crippen LogP contribution in [-0.4, -0.2) is 43.0 Å². The van der Waals surface area contributed by atoms with E-state index in [9.17, 15) is 4.79 Å². The third kappa shape index (κ3) is 6.36. The highest BCUT2D eigenvalue weighted by Gasteiger charge is 2.19. The Kier molecular flexibility index (Phi) is 8.12. The van der Waals surface area contributed by atoms with Gasteiger partial charge < -0.3 is 18.8 Å². The lowest BCUT2D eigenvalue weighted by molar-refractivity contribution is -0.134. The second-order valence-electron chi connectivity index (χ2n) is 7.31. The average molecular weight is 423 g/mol. The van der Waals surface area contributed by atoms with E-state index in [4.69, 9.17) is 13.9 Å². The van der Waals surface area contributed by atoms with Gasteiger partial charge >= 0.3 is 0 Å². The molecule has 1 heterocycles. The third-order valence-corrected chi connectivity index (χ3v) is 5.16. The highest BCUT2D eigenvalue weighted by atomic mass is 16.5. The standard InChI is InChI=1S/C25H30N2O4/c1-4-26(16-21-12-13-23(29-2)24(15-21)30-3)19-25(28)27(18-22-11-8-14-31-22)17-20-9-6-5-7-10-20/h5-15H,4,16-19H2,1-3H3. The first kappa shape index (κ1) is 22.4. The summed E-state index contributed by atoms with van der Waals surface area (Å²) >= 11 is 0. The monoisotopic (exact) mass is 422 g/mol. The molecular formula is C25H30N2O4. The van der Waals surface area contributed by atoms with Crippen molar-refractivity contribution in [2.24, 2.45) is 0 Å². The first-order valence-corrected chi connectivity index (χ1v) is 10.4. The fourth-order valence-electron chi connectivity index (χ4n) is 3.43.